The molecule has 1 aliphatic rings. The molecule has 5 nitrogen and oxygen atoms in total. The normalized spacial score (nSPS) is 18.8. The van der Waals surface area contributed by atoms with Crippen LogP contribution in [0.25, 0.3) is 0 Å². The Bertz CT molecular complexity index is 888. The fraction of sp³-hybridized carbons (Fsp3) is 0.312. The Morgan fingerprint density at radius 3 is 2.50 bits per heavy atom. The summed E-state index contributed by atoms with van der Waals surface area (Å²) in [6, 6.07) is 6.97. The van der Waals surface area contributed by atoms with Crippen molar-refractivity contribution < 1.29 is 26.3 Å². The number of sulfonamides is 1. The number of hydrogen-bond acceptors (Lipinski definition) is 4. The zero-order chi connectivity index (χ0) is 18.9. The van der Waals surface area contributed by atoms with Gasteiger partial charge in [-0.15, -0.1) is 0 Å². The topological polar surface area (TPSA) is 59.5 Å². The standard InChI is InChI=1S/C16H14BrF3N2O3S/c17-14-2-1-8-21-15(14)25-12-7-9-22(10-12)26(23,24)13-5-3-11(4-6-13)16(18,19)20/h1-6,8,12H,7,9-10H2. The monoisotopic (exact) mass is 450 g/mol. The molecule has 0 aliphatic carbocycles. The van der Waals surface area contributed by atoms with Gasteiger partial charge in [-0.25, -0.2) is 13.4 Å². The predicted octanol–water partition coefficient (Wildman–Crippen LogP) is 3.70. The fourth-order valence-electron chi connectivity index (χ4n) is 2.59. The number of aromatic nitrogens is 1. The highest BCUT2D eigenvalue weighted by Gasteiger charge is 2.35. The van der Waals surface area contributed by atoms with Crippen LogP contribution in [0.2, 0.25) is 0 Å². The summed E-state index contributed by atoms with van der Waals surface area (Å²) < 4.78 is 70.7. The van der Waals surface area contributed by atoms with E-state index in [0.717, 1.165) is 24.3 Å². The summed E-state index contributed by atoms with van der Waals surface area (Å²) in [4.78, 5) is 3.90. The zero-order valence-electron chi connectivity index (χ0n) is 13.3. The molecule has 10 heteroatoms. The van der Waals surface area contributed by atoms with E-state index in [1.165, 1.54) is 4.31 Å². The van der Waals surface area contributed by atoms with Gasteiger partial charge in [-0.05, 0) is 58.7 Å². The van der Waals surface area contributed by atoms with Crippen LogP contribution < -0.4 is 4.74 Å². The summed E-state index contributed by atoms with van der Waals surface area (Å²) in [6.45, 7) is 0.324. The average molecular weight is 451 g/mol. The molecule has 0 saturated carbocycles. The van der Waals surface area contributed by atoms with Crippen LogP contribution in [-0.2, 0) is 16.2 Å². The average Bonchev–Trinajstić information content (AvgIpc) is 3.06. The Balaban J connectivity index is 1.72. The predicted molar refractivity (Wildman–Crippen MR) is 91.2 cm³/mol. The van der Waals surface area contributed by atoms with Crippen LogP contribution in [0.1, 0.15) is 12.0 Å². The van der Waals surface area contributed by atoms with Gasteiger partial charge in [-0.2, -0.15) is 17.5 Å². The van der Waals surface area contributed by atoms with Crippen LogP contribution in [-0.4, -0.2) is 36.9 Å². The number of nitrogens with zero attached hydrogens (tertiary/aromatic N) is 2. The lowest BCUT2D eigenvalue weighted by atomic mass is 10.2. The smallest absolute Gasteiger partial charge is 0.416 e. The van der Waals surface area contributed by atoms with Gasteiger partial charge in [-0.1, -0.05) is 0 Å². The Morgan fingerprint density at radius 1 is 1.19 bits per heavy atom. The quantitative estimate of drug-likeness (QED) is 0.712. The van der Waals surface area contributed by atoms with Gasteiger partial charge in [0, 0.05) is 12.7 Å². The molecule has 140 valence electrons. The van der Waals surface area contributed by atoms with E-state index in [2.05, 4.69) is 20.9 Å². The number of alkyl halides is 3. The largest absolute Gasteiger partial charge is 0.472 e. The van der Waals surface area contributed by atoms with E-state index in [0.29, 0.717) is 16.8 Å². The highest BCUT2D eigenvalue weighted by atomic mass is 79.9. The molecule has 0 bridgehead atoms. The van der Waals surface area contributed by atoms with Crippen molar-refractivity contribution in [1.82, 2.24) is 9.29 Å². The molecule has 26 heavy (non-hydrogen) atoms. The molecule has 1 saturated heterocycles. The highest BCUT2D eigenvalue weighted by Crippen LogP contribution is 2.31. The number of pyridine rings is 1. The number of benzene rings is 1. The molecule has 0 N–H and O–H groups in total. The molecule has 0 amide bonds. The van der Waals surface area contributed by atoms with Crippen molar-refractivity contribution >= 4 is 26.0 Å². The van der Waals surface area contributed by atoms with Crippen molar-refractivity contribution in [3.8, 4) is 5.88 Å². The lowest BCUT2D eigenvalue weighted by molar-refractivity contribution is -0.137. The first-order valence-corrected chi connectivity index (χ1v) is 9.86. The van der Waals surface area contributed by atoms with Crippen molar-refractivity contribution in [2.75, 3.05) is 13.1 Å². The van der Waals surface area contributed by atoms with Gasteiger partial charge < -0.3 is 4.74 Å². The summed E-state index contributed by atoms with van der Waals surface area (Å²) in [6.07, 6.45) is -2.87. The number of halogens is 4. The van der Waals surface area contributed by atoms with Gasteiger partial charge in [-0.3, -0.25) is 0 Å². The van der Waals surface area contributed by atoms with Crippen LogP contribution in [0, 0.1) is 0 Å². The first-order valence-electron chi connectivity index (χ1n) is 7.62. The van der Waals surface area contributed by atoms with E-state index in [1.807, 2.05) is 0 Å². The lowest BCUT2D eigenvalue weighted by Crippen LogP contribution is -2.31. The van der Waals surface area contributed by atoms with Gasteiger partial charge in [0.2, 0.25) is 15.9 Å². The third-order valence-corrected chi connectivity index (χ3v) is 6.41. The first kappa shape index (κ1) is 19.1. The molecule has 1 atom stereocenters. The molecule has 0 radical (unpaired) electrons. The summed E-state index contributed by atoms with van der Waals surface area (Å²) >= 11 is 3.31. The third kappa shape index (κ3) is 4.02. The Morgan fingerprint density at radius 2 is 1.88 bits per heavy atom. The van der Waals surface area contributed by atoms with Crippen LogP contribution in [0.4, 0.5) is 13.2 Å². The maximum Gasteiger partial charge on any atom is 0.416 e. The lowest BCUT2D eigenvalue weighted by Gasteiger charge is -2.17. The van der Waals surface area contributed by atoms with Crippen molar-refractivity contribution in [2.45, 2.75) is 23.6 Å². The molecule has 2 aromatic rings. The van der Waals surface area contributed by atoms with Crippen LogP contribution in [0.15, 0.2) is 52.0 Å². The van der Waals surface area contributed by atoms with Gasteiger partial charge in [0.25, 0.3) is 0 Å². The molecule has 2 heterocycles. The summed E-state index contributed by atoms with van der Waals surface area (Å²) in [5, 5.41) is 0. The van der Waals surface area contributed by atoms with Gasteiger partial charge in [0.05, 0.1) is 21.5 Å². The van der Waals surface area contributed by atoms with Gasteiger partial charge in [0.1, 0.15) is 6.10 Å². The second kappa shape index (κ2) is 7.16. The van der Waals surface area contributed by atoms with Crippen molar-refractivity contribution in [2.24, 2.45) is 0 Å². The Hall–Kier alpha value is -1.65. The Kier molecular flexibility index (Phi) is 5.27. The Labute approximate surface area is 157 Å². The second-order valence-corrected chi connectivity index (χ2v) is 8.50. The minimum Gasteiger partial charge on any atom is -0.472 e. The van der Waals surface area contributed by atoms with E-state index < -0.39 is 21.8 Å². The summed E-state index contributed by atoms with van der Waals surface area (Å²) in [7, 11) is -3.88. The van der Waals surface area contributed by atoms with E-state index in [4.69, 9.17) is 4.74 Å². The van der Waals surface area contributed by atoms with Crippen molar-refractivity contribution in [1.29, 1.82) is 0 Å². The van der Waals surface area contributed by atoms with Crippen LogP contribution >= 0.6 is 15.9 Å². The summed E-state index contributed by atoms with van der Waals surface area (Å²) in [5.74, 6) is 0.367. The maximum absolute atomic E-state index is 12.6. The van der Waals surface area contributed by atoms with Crippen molar-refractivity contribution in [3.63, 3.8) is 0 Å². The first-order chi connectivity index (χ1) is 12.2. The molecular weight excluding hydrogens is 437 g/mol. The number of hydrogen-bond donors (Lipinski definition) is 0. The maximum atomic E-state index is 12.6. The molecule has 1 aromatic carbocycles. The van der Waals surface area contributed by atoms with Crippen LogP contribution in [0.3, 0.4) is 0 Å². The molecule has 3 rings (SSSR count). The minimum atomic E-state index is -4.51. The zero-order valence-corrected chi connectivity index (χ0v) is 15.7. The molecule has 1 unspecified atom stereocenters. The van der Waals surface area contributed by atoms with E-state index >= 15 is 0 Å². The molecule has 1 aliphatic heterocycles. The minimum absolute atomic E-state index is 0.104. The molecule has 1 aromatic heterocycles. The van der Waals surface area contributed by atoms with E-state index in [1.54, 1.807) is 18.3 Å². The van der Waals surface area contributed by atoms with Crippen molar-refractivity contribution in [3.05, 3.63) is 52.6 Å². The van der Waals surface area contributed by atoms with E-state index in [-0.39, 0.29) is 24.1 Å². The summed E-state index contributed by atoms with van der Waals surface area (Å²) in [5.41, 5.74) is -0.890. The second-order valence-electron chi connectivity index (χ2n) is 5.70. The van der Waals surface area contributed by atoms with E-state index in [9.17, 15) is 21.6 Å². The highest BCUT2D eigenvalue weighted by molar-refractivity contribution is 9.10. The fourth-order valence-corrected chi connectivity index (χ4v) is 4.43. The molecular formula is C16H14BrF3N2O3S. The van der Waals surface area contributed by atoms with Crippen LogP contribution in [0.5, 0.6) is 5.88 Å². The number of rotatable bonds is 4. The molecule has 1 fully saturated rings. The number of ether oxygens (including phenoxy) is 1. The molecule has 0 spiro atoms. The van der Waals surface area contributed by atoms with Gasteiger partial charge >= 0.3 is 6.18 Å². The SMILES string of the molecule is O=S(=O)(c1ccc(C(F)(F)F)cc1)N1CCC(Oc2ncccc2Br)C1. The third-order valence-electron chi connectivity index (χ3n) is 3.93. The van der Waals surface area contributed by atoms with Gasteiger partial charge in [0.15, 0.2) is 0 Å².